The van der Waals surface area contributed by atoms with Crippen molar-refractivity contribution in [2.24, 2.45) is 0 Å². The Morgan fingerprint density at radius 1 is 1.18 bits per heavy atom. The van der Waals surface area contributed by atoms with Crippen LogP contribution in [0.15, 0.2) is 30.5 Å². The summed E-state index contributed by atoms with van der Waals surface area (Å²) in [5, 5.41) is 12.8. The van der Waals surface area contributed by atoms with E-state index in [-0.39, 0.29) is 0 Å². The molecule has 1 aliphatic heterocycles. The minimum atomic E-state index is -1.67. The monoisotopic (exact) mass is 241 g/mol. The summed E-state index contributed by atoms with van der Waals surface area (Å²) in [4.78, 5) is 4.46. The summed E-state index contributed by atoms with van der Waals surface area (Å²) >= 11 is 0. The number of rotatable bonds is 0. The number of fused-ring (bicyclic) bond motifs is 3. The fourth-order valence-corrected chi connectivity index (χ4v) is 5.81. The molecule has 2 aromatic rings. The second-order valence-corrected chi connectivity index (χ2v) is 9.56. The zero-order chi connectivity index (χ0) is 12.2. The average molecular weight is 241 g/mol. The van der Waals surface area contributed by atoms with Crippen LogP contribution in [-0.2, 0) is 0 Å². The highest BCUT2D eigenvalue weighted by Gasteiger charge is 2.39. The number of pyridine rings is 1. The van der Waals surface area contributed by atoms with E-state index in [0.717, 1.165) is 16.8 Å². The zero-order valence-corrected chi connectivity index (χ0v) is 11.3. The highest BCUT2D eigenvalue weighted by atomic mass is 28.3. The fourth-order valence-electron chi connectivity index (χ4n) is 2.76. The lowest BCUT2D eigenvalue weighted by molar-refractivity contribution is 0.477. The first kappa shape index (κ1) is 10.5. The lowest BCUT2D eigenvalue weighted by Crippen LogP contribution is -2.49. The van der Waals surface area contributed by atoms with E-state index in [1.807, 2.05) is 19.1 Å². The van der Waals surface area contributed by atoms with Crippen LogP contribution in [0.3, 0.4) is 0 Å². The molecule has 0 amide bonds. The normalized spacial score (nSPS) is 15.5. The molecule has 1 N–H and O–H groups in total. The summed E-state index contributed by atoms with van der Waals surface area (Å²) in [6.07, 6.45) is 1.80. The first-order valence-corrected chi connectivity index (χ1v) is 8.82. The molecule has 1 aromatic heterocycles. The van der Waals surface area contributed by atoms with E-state index in [2.05, 4.69) is 30.2 Å². The lowest BCUT2D eigenvalue weighted by Gasteiger charge is -2.18. The van der Waals surface area contributed by atoms with Gasteiger partial charge >= 0.3 is 0 Å². The highest BCUT2D eigenvalue weighted by molar-refractivity contribution is 7.03. The van der Waals surface area contributed by atoms with Crippen molar-refractivity contribution in [3.8, 4) is 17.0 Å². The molecule has 3 rings (SSSR count). The third kappa shape index (κ3) is 1.29. The number of phenolic OH excluding ortho intramolecular Hbond substituents is 1. The molecular formula is C14H15NOSi. The molecule has 17 heavy (non-hydrogen) atoms. The van der Waals surface area contributed by atoms with E-state index in [1.165, 1.54) is 10.4 Å². The van der Waals surface area contributed by atoms with Gasteiger partial charge in [0.05, 0.1) is 5.69 Å². The van der Waals surface area contributed by atoms with Crippen molar-refractivity contribution in [3.63, 3.8) is 0 Å². The summed E-state index contributed by atoms with van der Waals surface area (Å²) < 4.78 is 0. The van der Waals surface area contributed by atoms with Crippen LogP contribution < -0.4 is 10.4 Å². The van der Waals surface area contributed by atoms with Crippen molar-refractivity contribution in [2.45, 2.75) is 20.0 Å². The van der Waals surface area contributed by atoms with E-state index in [0.29, 0.717) is 5.75 Å². The summed E-state index contributed by atoms with van der Waals surface area (Å²) in [5.74, 6) is 0.373. The SMILES string of the molecule is Cc1cc(O)c2c(c1)[Si](C)(C)c1cccnc1-2. The Morgan fingerprint density at radius 2 is 1.94 bits per heavy atom. The molecular weight excluding hydrogens is 226 g/mol. The Balaban J connectivity index is 2.44. The Kier molecular flexibility index (Phi) is 1.98. The van der Waals surface area contributed by atoms with Gasteiger partial charge in [0.2, 0.25) is 0 Å². The van der Waals surface area contributed by atoms with Crippen molar-refractivity contribution in [1.29, 1.82) is 0 Å². The van der Waals surface area contributed by atoms with Crippen LogP contribution in [0.2, 0.25) is 13.1 Å². The van der Waals surface area contributed by atoms with Crippen molar-refractivity contribution >= 4 is 18.4 Å². The summed E-state index contributed by atoms with van der Waals surface area (Å²) in [6.45, 7) is 6.66. The number of aromatic hydroxyl groups is 1. The standard InChI is InChI=1S/C14H15NOSi/c1-9-7-10(16)13-12(8-9)17(2,3)11-5-4-6-15-14(11)13/h4-8,16H,1-3H3. The number of benzene rings is 1. The molecule has 0 spiro atoms. The van der Waals surface area contributed by atoms with Gasteiger partial charge in [-0.05, 0) is 35.0 Å². The number of hydrogen-bond acceptors (Lipinski definition) is 2. The molecule has 0 aliphatic carbocycles. The molecule has 86 valence electrons. The molecule has 0 atom stereocenters. The van der Waals surface area contributed by atoms with Crippen molar-refractivity contribution in [3.05, 3.63) is 36.0 Å². The maximum absolute atomic E-state index is 10.2. The Bertz CT molecular complexity index is 620. The smallest absolute Gasteiger partial charge is 0.125 e. The molecule has 0 fully saturated rings. The molecule has 0 unspecified atom stereocenters. The number of hydrogen-bond donors (Lipinski definition) is 1. The molecule has 2 nitrogen and oxygen atoms in total. The summed E-state index contributed by atoms with van der Waals surface area (Å²) in [5.41, 5.74) is 3.06. The largest absolute Gasteiger partial charge is 0.507 e. The van der Waals surface area contributed by atoms with Crippen molar-refractivity contribution in [2.75, 3.05) is 0 Å². The first-order valence-electron chi connectivity index (χ1n) is 5.82. The van der Waals surface area contributed by atoms with Gasteiger partial charge in [-0.15, -0.1) is 0 Å². The molecule has 0 saturated carbocycles. The van der Waals surface area contributed by atoms with Crippen molar-refractivity contribution in [1.82, 2.24) is 4.98 Å². The molecule has 2 heterocycles. The third-order valence-corrected chi connectivity index (χ3v) is 7.14. The number of aromatic nitrogens is 1. The van der Waals surface area contributed by atoms with Crippen LogP contribution in [0.4, 0.5) is 0 Å². The third-order valence-electron chi connectivity index (χ3n) is 3.65. The Morgan fingerprint density at radius 3 is 2.71 bits per heavy atom. The number of aryl methyl sites for hydroxylation is 1. The van der Waals surface area contributed by atoms with E-state index in [9.17, 15) is 5.11 Å². The van der Waals surface area contributed by atoms with Gasteiger partial charge in [0.25, 0.3) is 0 Å². The summed E-state index contributed by atoms with van der Waals surface area (Å²) in [7, 11) is -1.67. The van der Waals surface area contributed by atoms with Gasteiger partial charge in [0, 0.05) is 11.8 Å². The Labute approximate surface area is 102 Å². The molecule has 0 saturated heterocycles. The van der Waals surface area contributed by atoms with E-state index >= 15 is 0 Å². The van der Waals surface area contributed by atoms with Gasteiger partial charge in [-0.25, -0.2) is 0 Å². The predicted molar refractivity (Wildman–Crippen MR) is 72.8 cm³/mol. The molecule has 0 radical (unpaired) electrons. The van der Waals surface area contributed by atoms with Gasteiger partial charge in [-0.3, -0.25) is 4.98 Å². The van der Waals surface area contributed by atoms with Crippen LogP contribution in [0.1, 0.15) is 5.56 Å². The van der Waals surface area contributed by atoms with Gasteiger partial charge in [-0.2, -0.15) is 0 Å². The lowest BCUT2D eigenvalue weighted by atomic mass is 10.1. The van der Waals surface area contributed by atoms with Gasteiger partial charge in [0.15, 0.2) is 0 Å². The number of phenols is 1. The predicted octanol–water partition coefficient (Wildman–Crippen LogP) is 1.90. The van der Waals surface area contributed by atoms with Gasteiger partial charge in [-0.1, -0.05) is 25.2 Å². The second-order valence-electron chi connectivity index (χ2n) is 5.23. The Hall–Kier alpha value is -1.61. The number of nitrogens with zero attached hydrogens (tertiary/aromatic N) is 1. The quantitative estimate of drug-likeness (QED) is 0.715. The zero-order valence-electron chi connectivity index (χ0n) is 10.3. The minimum absolute atomic E-state index is 0.373. The second kappa shape index (κ2) is 3.20. The first-order chi connectivity index (χ1) is 8.01. The van der Waals surface area contributed by atoms with E-state index in [1.54, 1.807) is 6.20 Å². The minimum Gasteiger partial charge on any atom is -0.507 e. The van der Waals surface area contributed by atoms with Crippen LogP contribution in [-0.4, -0.2) is 18.2 Å². The van der Waals surface area contributed by atoms with Crippen LogP contribution >= 0.6 is 0 Å². The van der Waals surface area contributed by atoms with Gasteiger partial charge in [0.1, 0.15) is 13.8 Å². The topological polar surface area (TPSA) is 33.1 Å². The van der Waals surface area contributed by atoms with E-state index in [4.69, 9.17) is 0 Å². The molecule has 3 heteroatoms. The van der Waals surface area contributed by atoms with Gasteiger partial charge < -0.3 is 5.11 Å². The summed E-state index contributed by atoms with van der Waals surface area (Å²) in [6, 6.07) is 8.18. The maximum atomic E-state index is 10.2. The molecule has 1 aliphatic rings. The highest BCUT2D eigenvalue weighted by Crippen LogP contribution is 2.33. The van der Waals surface area contributed by atoms with Crippen LogP contribution in [0.5, 0.6) is 5.75 Å². The maximum Gasteiger partial charge on any atom is 0.125 e. The average Bonchev–Trinajstić information content (AvgIpc) is 2.49. The van der Waals surface area contributed by atoms with Crippen molar-refractivity contribution < 1.29 is 5.11 Å². The fraction of sp³-hybridized carbons (Fsp3) is 0.214. The molecule has 0 bridgehead atoms. The van der Waals surface area contributed by atoms with E-state index < -0.39 is 8.07 Å². The molecule has 1 aromatic carbocycles. The van der Waals surface area contributed by atoms with Crippen LogP contribution in [0, 0.1) is 6.92 Å². The van der Waals surface area contributed by atoms with Crippen LogP contribution in [0.25, 0.3) is 11.3 Å².